The molecular formula is C20H25NO5. The number of benzene rings is 1. The molecule has 6 nitrogen and oxygen atoms in total. The van der Waals surface area contributed by atoms with E-state index in [1.807, 2.05) is 25.3 Å². The first-order chi connectivity index (χ1) is 12.3. The summed E-state index contributed by atoms with van der Waals surface area (Å²) in [5, 5.41) is 9.84. The molecule has 1 atom stereocenters. The molecule has 1 heterocycles. The highest BCUT2D eigenvalue weighted by molar-refractivity contribution is 6.01. The number of rotatable bonds is 7. The minimum Gasteiger partial charge on any atom is -0.507 e. The highest BCUT2D eigenvalue weighted by Gasteiger charge is 2.21. The summed E-state index contributed by atoms with van der Waals surface area (Å²) in [6.45, 7) is 7.75. The molecule has 0 spiro atoms. The van der Waals surface area contributed by atoms with E-state index in [2.05, 4.69) is 0 Å². The molecule has 0 aliphatic heterocycles. The number of ketones is 1. The van der Waals surface area contributed by atoms with E-state index in [4.69, 9.17) is 9.47 Å². The number of ether oxygens (including phenoxy) is 2. The van der Waals surface area contributed by atoms with Gasteiger partial charge in [0.05, 0.1) is 12.6 Å². The second kappa shape index (κ2) is 8.19. The lowest BCUT2D eigenvalue weighted by atomic mass is 10.1. The Balaban J connectivity index is 2.11. The summed E-state index contributed by atoms with van der Waals surface area (Å²) < 4.78 is 12.3. The number of esters is 1. The van der Waals surface area contributed by atoms with Crippen molar-refractivity contribution in [2.45, 2.75) is 33.7 Å². The number of aryl methyl sites for hydroxylation is 2. The molecule has 2 rings (SSSR count). The van der Waals surface area contributed by atoms with E-state index in [0.29, 0.717) is 12.2 Å². The van der Waals surface area contributed by atoms with Crippen molar-refractivity contribution < 1.29 is 24.2 Å². The Morgan fingerprint density at radius 3 is 2.46 bits per heavy atom. The van der Waals surface area contributed by atoms with Crippen LogP contribution in [0.5, 0.6) is 5.75 Å². The van der Waals surface area contributed by atoms with E-state index in [9.17, 15) is 14.7 Å². The van der Waals surface area contributed by atoms with Crippen molar-refractivity contribution in [2.24, 2.45) is 0 Å². The van der Waals surface area contributed by atoms with Crippen molar-refractivity contribution in [3.63, 3.8) is 0 Å². The zero-order valence-corrected chi connectivity index (χ0v) is 15.8. The molecule has 0 fully saturated rings. The third-order valence-corrected chi connectivity index (χ3v) is 4.34. The topological polar surface area (TPSA) is 77.8 Å². The molecule has 1 N–H and O–H groups in total. The number of Topliss-reactive ketones (excluding diaryl/α,β-unsaturated/α-hetero) is 1. The summed E-state index contributed by atoms with van der Waals surface area (Å²) in [5.74, 6) is -1.17. The Kier molecular flexibility index (Phi) is 6.21. The molecule has 0 saturated carbocycles. The molecule has 0 amide bonds. The average molecular weight is 359 g/mol. The first-order valence-corrected chi connectivity index (χ1v) is 8.43. The van der Waals surface area contributed by atoms with Gasteiger partial charge in [0.1, 0.15) is 11.3 Å². The number of hydrogen-bond acceptors (Lipinski definition) is 5. The van der Waals surface area contributed by atoms with E-state index in [1.54, 1.807) is 26.2 Å². The van der Waals surface area contributed by atoms with Crippen molar-refractivity contribution in [2.75, 3.05) is 20.3 Å². The fourth-order valence-corrected chi connectivity index (χ4v) is 3.15. The molecule has 140 valence electrons. The highest BCUT2D eigenvalue weighted by atomic mass is 16.5. The quantitative estimate of drug-likeness (QED) is 0.606. The highest BCUT2D eigenvalue weighted by Crippen LogP contribution is 2.22. The number of carbonyl (C=O) groups is 2. The Morgan fingerprint density at radius 2 is 1.85 bits per heavy atom. The number of methoxy groups -OCH3 is 1. The lowest BCUT2D eigenvalue weighted by Gasteiger charge is -2.17. The van der Waals surface area contributed by atoms with Crippen LogP contribution in [0, 0.1) is 20.8 Å². The van der Waals surface area contributed by atoms with Crippen LogP contribution in [0.25, 0.3) is 0 Å². The standard InChI is InChI=1S/C20H25NO5/c1-12-6-7-16(18(22)8-12)20(24)26-11-19(23)17-9-13(2)21(15(17)4)14(3)10-25-5/h6-9,14,22H,10-11H2,1-5H3/t14-/m1/s1. The van der Waals surface area contributed by atoms with Gasteiger partial charge in [-0.2, -0.15) is 0 Å². The second-order valence-electron chi connectivity index (χ2n) is 6.48. The Hall–Kier alpha value is -2.60. The van der Waals surface area contributed by atoms with Crippen molar-refractivity contribution in [1.29, 1.82) is 0 Å². The van der Waals surface area contributed by atoms with Gasteiger partial charge < -0.3 is 19.1 Å². The molecule has 2 aromatic rings. The maximum Gasteiger partial charge on any atom is 0.342 e. The van der Waals surface area contributed by atoms with E-state index in [-0.39, 0.29) is 29.7 Å². The van der Waals surface area contributed by atoms with Gasteiger partial charge >= 0.3 is 5.97 Å². The number of aromatic nitrogens is 1. The first kappa shape index (κ1) is 19.7. The molecule has 1 aromatic carbocycles. The van der Waals surface area contributed by atoms with Gasteiger partial charge in [-0.05, 0) is 51.5 Å². The lowest BCUT2D eigenvalue weighted by molar-refractivity contribution is 0.0471. The van der Waals surface area contributed by atoms with Gasteiger partial charge in [0, 0.05) is 24.1 Å². The van der Waals surface area contributed by atoms with Crippen molar-refractivity contribution in [3.05, 3.63) is 52.3 Å². The predicted octanol–water partition coefficient (Wildman–Crippen LogP) is 3.37. The minimum absolute atomic E-state index is 0.0441. The Morgan fingerprint density at radius 1 is 1.15 bits per heavy atom. The molecule has 6 heteroatoms. The van der Waals surface area contributed by atoms with Crippen LogP contribution in [0.1, 0.15) is 50.6 Å². The van der Waals surface area contributed by atoms with Gasteiger partial charge in [0.2, 0.25) is 5.78 Å². The minimum atomic E-state index is -0.725. The second-order valence-corrected chi connectivity index (χ2v) is 6.48. The summed E-state index contributed by atoms with van der Waals surface area (Å²) in [6.07, 6.45) is 0. The molecule has 0 saturated heterocycles. The van der Waals surface area contributed by atoms with Crippen LogP contribution in [-0.2, 0) is 9.47 Å². The van der Waals surface area contributed by atoms with Gasteiger partial charge in [-0.25, -0.2) is 4.79 Å². The maximum absolute atomic E-state index is 12.5. The number of aromatic hydroxyl groups is 1. The zero-order valence-electron chi connectivity index (χ0n) is 15.8. The molecule has 0 aliphatic rings. The first-order valence-electron chi connectivity index (χ1n) is 8.43. The van der Waals surface area contributed by atoms with Crippen molar-refractivity contribution in [3.8, 4) is 5.75 Å². The van der Waals surface area contributed by atoms with Gasteiger partial charge in [-0.15, -0.1) is 0 Å². The van der Waals surface area contributed by atoms with E-state index in [0.717, 1.165) is 17.0 Å². The normalized spacial score (nSPS) is 12.0. The number of phenolic OH excluding ortho intramolecular Hbond substituents is 1. The monoisotopic (exact) mass is 359 g/mol. The summed E-state index contributed by atoms with van der Waals surface area (Å²) in [6, 6.07) is 6.54. The zero-order chi connectivity index (χ0) is 19.4. The fourth-order valence-electron chi connectivity index (χ4n) is 3.15. The predicted molar refractivity (Wildman–Crippen MR) is 97.9 cm³/mol. The van der Waals surface area contributed by atoms with E-state index in [1.165, 1.54) is 12.1 Å². The summed E-state index contributed by atoms with van der Waals surface area (Å²) in [5.41, 5.74) is 3.14. The van der Waals surface area contributed by atoms with Crippen LogP contribution in [-0.4, -0.2) is 41.7 Å². The van der Waals surface area contributed by atoms with Gasteiger partial charge in [0.15, 0.2) is 6.61 Å². The molecule has 0 bridgehead atoms. The Labute approximate surface area is 153 Å². The third kappa shape index (κ3) is 4.14. The third-order valence-electron chi connectivity index (χ3n) is 4.34. The molecule has 0 radical (unpaired) electrons. The average Bonchev–Trinajstić information content (AvgIpc) is 2.87. The largest absolute Gasteiger partial charge is 0.507 e. The lowest BCUT2D eigenvalue weighted by Crippen LogP contribution is -2.17. The smallest absolute Gasteiger partial charge is 0.342 e. The molecule has 1 aromatic heterocycles. The molecule has 0 unspecified atom stereocenters. The molecule has 26 heavy (non-hydrogen) atoms. The molecular weight excluding hydrogens is 334 g/mol. The Bertz CT molecular complexity index is 822. The molecule has 0 aliphatic carbocycles. The fraction of sp³-hybridized carbons (Fsp3) is 0.400. The van der Waals surface area contributed by atoms with E-state index < -0.39 is 5.97 Å². The SMILES string of the molecule is COC[C@@H](C)n1c(C)cc(C(=O)COC(=O)c2ccc(C)cc2O)c1C. The van der Waals surface area contributed by atoms with Crippen LogP contribution in [0.3, 0.4) is 0 Å². The van der Waals surface area contributed by atoms with Crippen LogP contribution in [0.2, 0.25) is 0 Å². The summed E-state index contributed by atoms with van der Waals surface area (Å²) >= 11 is 0. The van der Waals surface area contributed by atoms with Gasteiger partial charge in [-0.3, -0.25) is 4.79 Å². The van der Waals surface area contributed by atoms with Crippen LogP contribution >= 0.6 is 0 Å². The van der Waals surface area contributed by atoms with Crippen molar-refractivity contribution >= 4 is 11.8 Å². The van der Waals surface area contributed by atoms with Crippen LogP contribution < -0.4 is 0 Å². The van der Waals surface area contributed by atoms with Crippen LogP contribution in [0.15, 0.2) is 24.3 Å². The van der Waals surface area contributed by atoms with Gasteiger partial charge in [0.25, 0.3) is 0 Å². The van der Waals surface area contributed by atoms with Crippen LogP contribution in [0.4, 0.5) is 0 Å². The number of nitrogens with zero attached hydrogens (tertiary/aromatic N) is 1. The summed E-state index contributed by atoms with van der Waals surface area (Å²) in [7, 11) is 1.64. The number of phenols is 1. The van der Waals surface area contributed by atoms with Crippen molar-refractivity contribution in [1.82, 2.24) is 4.57 Å². The number of hydrogen-bond donors (Lipinski definition) is 1. The maximum atomic E-state index is 12.5. The van der Waals surface area contributed by atoms with E-state index >= 15 is 0 Å². The summed E-state index contributed by atoms with van der Waals surface area (Å²) in [4.78, 5) is 24.6. The van der Waals surface area contributed by atoms with Gasteiger partial charge in [-0.1, -0.05) is 6.07 Å². The number of carbonyl (C=O) groups excluding carboxylic acids is 2.